The summed E-state index contributed by atoms with van der Waals surface area (Å²) in [5.41, 5.74) is 1.31. The van der Waals surface area contributed by atoms with Gasteiger partial charge in [-0.3, -0.25) is 28.8 Å². The number of aliphatic carboxylic acids is 1. The lowest BCUT2D eigenvalue weighted by Crippen LogP contribution is -2.55. The molecule has 0 bridgehead atoms. The molecule has 13 heteroatoms. The number of aryl methyl sites for hydroxylation is 1. The quantitative estimate of drug-likeness (QED) is 0.101. The van der Waals surface area contributed by atoms with E-state index in [1.807, 2.05) is 60.7 Å². The monoisotopic (exact) mass is 703 g/mol. The number of pyridine rings is 1. The Bertz CT molecular complexity index is 2150. The largest absolute Gasteiger partial charge is 0.506 e. The van der Waals surface area contributed by atoms with Crippen molar-refractivity contribution in [2.45, 2.75) is 31.5 Å². The van der Waals surface area contributed by atoms with Gasteiger partial charge in [-0.05, 0) is 41.0 Å². The number of carboxylic acid groups (broad SMARTS) is 1. The van der Waals surface area contributed by atoms with Crippen LogP contribution >= 0.6 is 0 Å². The first-order chi connectivity index (χ1) is 25.0. The minimum Gasteiger partial charge on any atom is -0.506 e. The highest BCUT2D eigenvalue weighted by molar-refractivity contribution is 6.03. The molecule has 0 aliphatic rings. The third-order valence-corrected chi connectivity index (χ3v) is 8.38. The van der Waals surface area contributed by atoms with E-state index in [4.69, 9.17) is 5.11 Å². The van der Waals surface area contributed by atoms with E-state index in [0.717, 1.165) is 15.7 Å². The molecule has 5 rings (SSSR count). The van der Waals surface area contributed by atoms with E-state index in [1.165, 1.54) is 13.1 Å². The zero-order valence-corrected chi connectivity index (χ0v) is 28.2. The number of amides is 4. The molecule has 0 aliphatic heterocycles. The number of aromatic nitrogens is 1. The van der Waals surface area contributed by atoms with E-state index in [9.17, 15) is 33.9 Å². The van der Waals surface area contributed by atoms with Crippen molar-refractivity contribution in [3.8, 4) is 5.75 Å². The highest BCUT2D eigenvalue weighted by Gasteiger charge is 2.28. The molecule has 266 valence electrons. The lowest BCUT2D eigenvalue weighted by atomic mass is 10.0. The van der Waals surface area contributed by atoms with Crippen LogP contribution in [0.25, 0.3) is 10.9 Å². The molecule has 0 fully saturated rings. The molecule has 13 nitrogen and oxygen atoms in total. The summed E-state index contributed by atoms with van der Waals surface area (Å²) in [5.74, 6) is -4.54. The zero-order valence-electron chi connectivity index (χ0n) is 28.2. The third kappa shape index (κ3) is 9.07. The second kappa shape index (κ2) is 16.8. The summed E-state index contributed by atoms with van der Waals surface area (Å²) in [6, 6.07) is 29.4. The van der Waals surface area contributed by atoms with Crippen LogP contribution in [-0.4, -0.2) is 63.0 Å². The molecule has 4 amide bonds. The molecule has 0 aliphatic carbocycles. The van der Waals surface area contributed by atoms with Crippen molar-refractivity contribution in [2.24, 2.45) is 7.05 Å². The molecule has 1 heterocycles. The number of benzene rings is 4. The van der Waals surface area contributed by atoms with Gasteiger partial charge in [0.25, 0.3) is 17.4 Å². The van der Waals surface area contributed by atoms with Crippen LogP contribution in [0.2, 0.25) is 0 Å². The first-order valence-corrected chi connectivity index (χ1v) is 16.4. The Morgan fingerprint density at radius 2 is 1.23 bits per heavy atom. The average Bonchev–Trinajstić information content (AvgIpc) is 3.15. The van der Waals surface area contributed by atoms with Crippen LogP contribution in [0.1, 0.15) is 37.4 Å². The fourth-order valence-corrected chi connectivity index (χ4v) is 5.67. The van der Waals surface area contributed by atoms with Crippen molar-refractivity contribution in [3.63, 3.8) is 0 Å². The summed E-state index contributed by atoms with van der Waals surface area (Å²) in [7, 11) is 1.41. The fraction of sp³-hybridized carbons (Fsp3) is 0.179. The minimum atomic E-state index is -1.33. The van der Waals surface area contributed by atoms with Crippen LogP contribution in [0, 0.1) is 0 Å². The summed E-state index contributed by atoms with van der Waals surface area (Å²) >= 11 is 0. The highest BCUT2D eigenvalue weighted by atomic mass is 16.4. The second-order valence-electron chi connectivity index (χ2n) is 12.1. The lowest BCUT2D eigenvalue weighted by Gasteiger charge is -2.24. The van der Waals surface area contributed by atoms with E-state index in [-0.39, 0.29) is 24.8 Å². The topological polar surface area (TPSA) is 196 Å². The molecular formula is C39H37N5O8. The van der Waals surface area contributed by atoms with Crippen LogP contribution in [0.4, 0.5) is 0 Å². The number of nitrogens with zero attached hydrogens (tertiary/aromatic N) is 1. The van der Waals surface area contributed by atoms with Crippen LogP contribution in [-0.2, 0) is 40.8 Å². The number of hydrogen-bond donors (Lipinski definition) is 6. The molecule has 5 aromatic rings. The number of fused-ring (bicyclic) bond motifs is 1. The van der Waals surface area contributed by atoms with Gasteiger partial charge < -0.3 is 36.0 Å². The minimum absolute atomic E-state index is 0.0586. The van der Waals surface area contributed by atoms with E-state index in [1.54, 1.807) is 42.5 Å². The van der Waals surface area contributed by atoms with E-state index in [0.29, 0.717) is 16.6 Å². The maximum absolute atomic E-state index is 13.9. The van der Waals surface area contributed by atoms with E-state index >= 15 is 0 Å². The molecule has 6 N–H and O–H groups in total. The van der Waals surface area contributed by atoms with Crippen molar-refractivity contribution in [1.29, 1.82) is 0 Å². The number of hydrogen-bond acceptors (Lipinski definition) is 7. The smallest absolute Gasteiger partial charge is 0.322 e. The van der Waals surface area contributed by atoms with Gasteiger partial charge in [0.05, 0.1) is 5.52 Å². The molecule has 0 radical (unpaired) electrons. The van der Waals surface area contributed by atoms with Gasteiger partial charge in [-0.25, -0.2) is 0 Å². The van der Waals surface area contributed by atoms with Gasteiger partial charge in [-0.1, -0.05) is 84.9 Å². The summed E-state index contributed by atoms with van der Waals surface area (Å²) < 4.78 is 1.15. The average molecular weight is 704 g/mol. The maximum atomic E-state index is 13.9. The van der Waals surface area contributed by atoms with Gasteiger partial charge in [0.2, 0.25) is 11.8 Å². The molecule has 4 aromatic carbocycles. The summed E-state index contributed by atoms with van der Waals surface area (Å²) in [4.78, 5) is 77.2. The molecule has 0 spiro atoms. The van der Waals surface area contributed by atoms with Gasteiger partial charge in [-0.15, -0.1) is 0 Å². The number of nitrogens with one attached hydrogen (secondary N) is 4. The maximum Gasteiger partial charge on any atom is 0.322 e. The van der Waals surface area contributed by atoms with Crippen LogP contribution in [0.15, 0.2) is 114 Å². The van der Waals surface area contributed by atoms with E-state index in [2.05, 4.69) is 21.3 Å². The van der Waals surface area contributed by atoms with Gasteiger partial charge in [0.1, 0.15) is 29.9 Å². The third-order valence-electron chi connectivity index (χ3n) is 8.38. The number of carbonyl (C=O) groups excluding carboxylic acids is 4. The fourth-order valence-electron chi connectivity index (χ4n) is 5.67. The van der Waals surface area contributed by atoms with E-state index < -0.39 is 65.1 Å². The lowest BCUT2D eigenvalue weighted by molar-refractivity contribution is -0.135. The number of rotatable bonds is 14. The molecule has 2 atom stereocenters. The first kappa shape index (κ1) is 36.5. The normalized spacial score (nSPS) is 11.9. The summed E-state index contributed by atoms with van der Waals surface area (Å²) in [6.07, 6.45) is 0.308. The number of aromatic hydroxyl groups is 1. The van der Waals surface area contributed by atoms with Crippen LogP contribution < -0.4 is 26.8 Å². The molecule has 1 aromatic heterocycles. The summed E-state index contributed by atoms with van der Waals surface area (Å²) in [5, 5.41) is 30.6. The number of carboxylic acids is 1. The Morgan fingerprint density at radius 1 is 0.673 bits per heavy atom. The Morgan fingerprint density at radius 3 is 1.81 bits per heavy atom. The van der Waals surface area contributed by atoms with Gasteiger partial charge in [-0.2, -0.15) is 0 Å². The van der Waals surface area contributed by atoms with Crippen LogP contribution in [0.3, 0.4) is 0 Å². The van der Waals surface area contributed by atoms with Crippen molar-refractivity contribution < 1.29 is 34.2 Å². The van der Waals surface area contributed by atoms with Crippen molar-refractivity contribution in [2.75, 3.05) is 6.54 Å². The molecule has 0 saturated heterocycles. The molecular weight excluding hydrogens is 666 g/mol. The predicted molar refractivity (Wildman–Crippen MR) is 193 cm³/mol. The Balaban J connectivity index is 1.38. The van der Waals surface area contributed by atoms with Gasteiger partial charge in [0, 0.05) is 37.4 Å². The standard InChI is InChI=1S/C39H37N5O8/c1-44-31-18-17-26(19-28(31)34(47)33(39(44)52)38(51)41-23-32(45)46)22-40-36(49)29(20-24-11-5-2-6-12-24)43-37(50)30(21-25-13-7-3-8-14-25)42-35(48)27-15-9-4-10-16-27/h2-19,29-30,47H,20-23H2,1H3,(H,40,49)(H,41,51)(H,42,48)(H,43,50)(H,45,46)/t29-,30+/m0/s1. The molecule has 0 saturated carbocycles. The van der Waals surface area contributed by atoms with Gasteiger partial charge in [0.15, 0.2) is 0 Å². The molecule has 52 heavy (non-hydrogen) atoms. The van der Waals surface area contributed by atoms with Crippen LogP contribution in [0.5, 0.6) is 5.75 Å². The second-order valence-corrected chi connectivity index (χ2v) is 12.1. The molecule has 0 unspecified atom stereocenters. The number of carbonyl (C=O) groups is 5. The zero-order chi connectivity index (χ0) is 37.2. The van der Waals surface area contributed by atoms with Gasteiger partial charge >= 0.3 is 5.97 Å². The predicted octanol–water partition coefficient (Wildman–Crippen LogP) is 2.44. The first-order valence-electron chi connectivity index (χ1n) is 16.4. The summed E-state index contributed by atoms with van der Waals surface area (Å²) in [6.45, 7) is -0.810. The van der Waals surface area contributed by atoms with Crippen molar-refractivity contribution in [1.82, 2.24) is 25.8 Å². The Labute approximate surface area is 298 Å². The Hall–Kier alpha value is -6.76. The Kier molecular flexibility index (Phi) is 11.8. The van der Waals surface area contributed by atoms with Crippen molar-refractivity contribution >= 4 is 40.5 Å². The highest BCUT2D eigenvalue weighted by Crippen LogP contribution is 2.27. The SMILES string of the molecule is Cn1c(=O)c(C(=O)NCC(=O)O)c(O)c2cc(CNC(=O)[C@H](Cc3ccccc3)NC(=O)[C@@H](Cc3ccccc3)NC(=O)c3ccccc3)ccc21. The van der Waals surface area contributed by atoms with Crippen molar-refractivity contribution in [3.05, 3.63) is 147 Å².